The van der Waals surface area contributed by atoms with Crippen LogP contribution in [0.4, 0.5) is 0 Å². The number of aromatic nitrogens is 1. The summed E-state index contributed by atoms with van der Waals surface area (Å²) in [5, 5.41) is 12.4. The average molecular weight is 283 g/mol. The second kappa shape index (κ2) is 7.51. The normalized spacial score (nSPS) is 10.3. The highest BCUT2D eigenvalue weighted by atomic mass is 16.5. The van der Waals surface area contributed by atoms with Gasteiger partial charge in [-0.25, -0.2) is 0 Å². The van der Waals surface area contributed by atoms with Crippen LogP contribution in [0.15, 0.2) is 36.7 Å². The summed E-state index contributed by atoms with van der Waals surface area (Å²) in [7, 11) is 1.65. The second-order valence-corrected chi connectivity index (χ2v) is 5.01. The number of nitrogens with zero attached hydrogens (tertiary/aromatic N) is 2. The Hall–Kier alpha value is -2.25. The minimum atomic E-state index is 0.655. The molecule has 0 aliphatic heterocycles. The number of nitriles is 1. The Kier molecular flexibility index (Phi) is 5.42. The third-order valence-electron chi connectivity index (χ3n) is 3.33. The zero-order chi connectivity index (χ0) is 15.1. The molecule has 0 spiro atoms. The molecule has 1 aromatic carbocycles. The Morgan fingerprint density at radius 2 is 2.19 bits per heavy atom. The highest BCUT2D eigenvalue weighted by molar-refractivity contribution is 5.42. The van der Waals surface area contributed by atoms with Crippen molar-refractivity contribution >= 4 is 0 Å². The van der Waals surface area contributed by atoms with Crippen LogP contribution >= 0.6 is 0 Å². The Morgan fingerprint density at radius 3 is 2.90 bits per heavy atom. The molecule has 1 N–H and O–H groups in total. The lowest BCUT2D eigenvalue weighted by Gasteiger charge is -2.09. The van der Waals surface area contributed by atoms with Crippen LogP contribution in [0.1, 0.15) is 30.0 Å². The molecule has 0 atom stereocenters. The van der Waals surface area contributed by atoms with Crippen LogP contribution in [0.3, 0.4) is 0 Å². The fraction of sp³-hybridized carbons (Fsp3) is 0.353. The molecule has 21 heavy (non-hydrogen) atoms. The largest absolute Gasteiger partial charge is 0.496 e. The van der Waals surface area contributed by atoms with Crippen LogP contribution in [-0.4, -0.2) is 18.2 Å². The van der Waals surface area contributed by atoms with E-state index in [1.54, 1.807) is 13.2 Å². The number of hydrogen-bond donors (Lipinski definition) is 1. The van der Waals surface area contributed by atoms with Crippen LogP contribution < -0.4 is 10.1 Å². The lowest BCUT2D eigenvalue weighted by atomic mass is 10.1. The lowest BCUT2D eigenvalue weighted by Crippen LogP contribution is -2.13. The summed E-state index contributed by atoms with van der Waals surface area (Å²) in [4.78, 5) is 0. The van der Waals surface area contributed by atoms with Gasteiger partial charge in [0.15, 0.2) is 0 Å². The molecular weight excluding hydrogens is 262 g/mol. The van der Waals surface area contributed by atoms with E-state index in [-0.39, 0.29) is 0 Å². The van der Waals surface area contributed by atoms with Gasteiger partial charge >= 0.3 is 0 Å². The monoisotopic (exact) mass is 283 g/mol. The van der Waals surface area contributed by atoms with Crippen LogP contribution in [0, 0.1) is 11.3 Å². The van der Waals surface area contributed by atoms with Crippen LogP contribution in [0.5, 0.6) is 5.75 Å². The molecule has 0 radical (unpaired) electrons. The zero-order valence-electron chi connectivity index (χ0n) is 12.6. The van der Waals surface area contributed by atoms with Crippen LogP contribution in [0.2, 0.25) is 0 Å². The molecule has 0 bridgehead atoms. The minimum absolute atomic E-state index is 0.655. The Bertz CT molecular complexity index is 625. The summed E-state index contributed by atoms with van der Waals surface area (Å²) in [6.45, 7) is 4.78. The quantitative estimate of drug-likeness (QED) is 0.795. The molecular formula is C17H21N3O. The summed E-state index contributed by atoms with van der Waals surface area (Å²) < 4.78 is 7.48. The first-order valence-electron chi connectivity index (χ1n) is 7.19. The highest BCUT2D eigenvalue weighted by Gasteiger charge is 2.06. The lowest BCUT2D eigenvalue weighted by molar-refractivity contribution is 0.408. The highest BCUT2D eigenvalue weighted by Crippen LogP contribution is 2.21. The topological polar surface area (TPSA) is 50.0 Å². The molecule has 0 unspecified atom stereocenters. The standard InChI is InChI=1S/C17H21N3O/c1-3-7-19-11-15-6-8-20(12-15)13-16-9-14(10-18)4-5-17(16)21-2/h4-6,8-9,12,19H,3,7,11,13H2,1-2H3. The smallest absolute Gasteiger partial charge is 0.123 e. The van der Waals surface area contributed by atoms with E-state index in [9.17, 15) is 0 Å². The van der Waals surface area contributed by atoms with Gasteiger partial charge in [0.1, 0.15) is 5.75 Å². The summed E-state index contributed by atoms with van der Waals surface area (Å²) in [5.74, 6) is 0.813. The molecule has 1 aromatic heterocycles. The van der Waals surface area contributed by atoms with E-state index in [4.69, 9.17) is 10.00 Å². The van der Waals surface area contributed by atoms with Gasteiger partial charge in [0, 0.05) is 24.5 Å². The van der Waals surface area contributed by atoms with E-state index in [0.717, 1.165) is 30.8 Å². The van der Waals surface area contributed by atoms with E-state index in [0.29, 0.717) is 12.1 Å². The van der Waals surface area contributed by atoms with Gasteiger partial charge in [-0.1, -0.05) is 6.92 Å². The summed E-state index contributed by atoms with van der Waals surface area (Å²) in [6.07, 6.45) is 5.32. The number of ether oxygens (including phenoxy) is 1. The maximum Gasteiger partial charge on any atom is 0.123 e. The first-order chi connectivity index (χ1) is 10.3. The molecule has 0 aliphatic carbocycles. The van der Waals surface area contributed by atoms with E-state index < -0.39 is 0 Å². The number of hydrogen-bond acceptors (Lipinski definition) is 3. The maximum absolute atomic E-state index is 9.01. The van der Waals surface area contributed by atoms with Gasteiger partial charge in [-0.3, -0.25) is 0 Å². The molecule has 0 aliphatic rings. The van der Waals surface area contributed by atoms with Crippen molar-refractivity contribution in [3.63, 3.8) is 0 Å². The Labute approximate surface area is 126 Å². The van der Waals surface area contributed by atoms with Gasteiger partial charge in [-0.05, 0) is 42.8 Å². The number of benzene rings is 1. The second-order valence-electron chi connectivity index (χ2n) is 5.01. The van der Waals surface area contributed by atoms with E-state index in [1.807, 2.05) is 12.1 Å². The summed E-state index contributed by atoms with van der Waals surface area (Å²) >= 11 is 0. The molecule has 4 heteroatoms. The zero-order valence-corrected chi connectivity index (χ0v) is 12.6. The molecule has 0 saturated heterocycles. The van der Waals surface area contributed by atoms with Crippen LogP contribution in [0.25, 0.3) is 0 Å². The average Bonchev–Trinajstić information content (AvgIpc) is 2.95. The number of nitrogens with one attached hydrogen (secondary N) is 1. The third kappa shape index (κ3) is 4.11. The fourth-order valence-corrected chi connectivity index (χ4v) is 2.27. The Balaban J connectivity index is 2.09. The van der Waals surface area contributed by atoms with Gasteiger partial charge < -0.3 is 14.6 Å². The van der Waals surface area contributed by atoms with E-state index in [1.165, 1.54) is 5.56 Å². The van der Waals surface area contributed by atoms with Crippen molar-refractivity contribution in [1.82, 2.24) is 9.88 Å². The van der Waals surface area contributed by atoms with Crippen molar-refractivity contribution in [3.8, 4) is 11.8 Å². The Morgan fingerprint density at radius 1 is 1.33 bits per heavy atom. The predicted molar refractivity (Wildman–Crippen MR) is 83.2 cm³/mol. The van der Waals surface area contributed by atoms with Gasteiger partial charge in [0.2, 0.25) is 0 Å². The van der Waals surface area contributed by atoms with Gasteiger partial charge in [0.05, 0.1) is 25.3 Å². The molecule has 2 aromatic rings. The molecule has 2 rings (SSSR count). The van der Waals surface area contributed by atoms with Crippen molar-refractivity contribution in [2.45, 2.75) is 26.4 Å². The SMILES string of the molecule is CCCNCc1ccn(Cc2cc(C#N)ccc2OC)c1. The summed E-state index contributed by atoms with van der Waals surface area (Å²) in [5.41, 5.74) is 2.93. The molecule has 1 heterocycles. The van der Waals surface area contributed by atoms with Gasteiger partial charge in [0.25, 0.3) is 0 Å². The molecule has 0 saturated carbocycles. The molecule has 0 amide bonds. The predicted octanol–water partition coefficient (Wildman–Crippen LogP) is 2.92. The summed E-state index contributed by atoms with van der Waals surface area (Å²) in [6, 6.07) is 9.79. The van der Waals surface area contributed by atoms with Crippen molar-refractivity contribution in [3.05, 3.63) is 53.3 Å². The first kappa shape index (κ1) is 15.1. The van der Waals surface area contributed by atoms with Crippen molar-refractivity contribution in [1.29, 1.82) is 5.26 Å². The van der Waals surface area contributed by atoms with Crippen molar-refractivity contribution in [2.24, 2.45) is 0 Å². The van der Waals surface area contributed by atoms with E-state index in [2.05, 4.69) is 41.3 Å². The van der Waals surface area contributed by atoms with Crippen molar-refractivity contribution in [2.75, 3.05) is 13.7 Å². The fourth-order valence-electron chi connectivity index (χ4n) is 2.27. The minimum Gasteiger partial charge on any atom is -0.496 e. The number of rotatable bonds is 7. The molecule has 4 nitrogen and oxygen atoms in total. The van der Waals surface area contributed by atoms with E-state index >= 15 is 0 Å². The third-order valence-corrected chi connectivity index (χ3v) is 3.33. The van der Waals surface area contributed by atoms with Gasteiger partial charge in [-0.2, -0.15) is 5.26 Å². The molecule has 0 fully saturated rings. The maximum atomic E-state index is 9.01. The number of methoxy groups -OCH3 is 1. The van der Waals surface area contributed by atoms with Crippen molar-refractivity contribution < 1.29 is 4.74 Å². The van der Waals surface area contributed by atoms with Gasteiger partial charge in [-0.15, -0.1) is 0 Å². The first-order valence-corrected chi connectivity index (χ1v) is 7.19. The van der Waals surface area contributed by atoms with Crippen LogP contribution in [-0.2, 0) is 13.1 Å². The molecule has 110 valence electrons.